The Hall–Kier alpha value is -3.69. The van der Waals surface area contributed by atoms with Gasteiger partial charge in [0.05, 0.1) is 10.5 Å². The minimum atomic E-state index is -0.378. The van der Waals surface area contributed by atoms with E-state index in [2.05, 4.69) is 44.5 Å². The molecule has 0 atom stereocenters. The van der Waals surface area contributed by atoms with Crippen LogP contribution in [-0.2, 0) is 11.3 Å². The Labute approximate surface area is 213 Å². The summed E-state index contributed by atoms with van der Waals surface area (Å²) in [6, 6.07) is 17.7. The summed E-state index contributed by atoms with van der Waals surface area (Å²) in [7, 11) is 0. The Morgan fingerprint density at radius 1 is 1.03 bits per heavy atom. The molecule has 2 aromatic carbocycles. The van der Waals surface area contributed by atoms with E-state index in [0.717, 1.165) is 55.4 Å². The molecular weight excluding hydrogens is 476 g/mol. The molecule has 5 rings (SSSR count). The zero-order valence-corrected chi connectivity index (χ0v) is 20.7. The molecule has 1 aromatic heterocycles. The number of nitrogens with zero attached hydrogens (tertiary/aromatic N) is 3. The van der Waals surface area contributed by atoms with Crippen LogP contribution in [0.25, 0.3) is 6.08 Å². The van der Waals surface area contributed by atoms with Crippen LogP contribution in [-0.4, -0.2) is 45.2 Å². The highest BCUT2D eigenvalue weighted by molar-refractivity contribution is 8.18. The van der Waals surface area contributed by atoms with Crippen molar-refractivity contribution in [3.63, 3.8) is 0 Å². The SMILES string of the molecule is Cc1c(Oc2ccc(/C=C3/SC(=O)NC3=O)cc2)ncnc1OC1CCN(Cc2ccccc2)CC1. The van der Waals surface area contributed by atoms with Gasteiger partial charge in [-0.3, -0.25) is 19.8 Å². The van der Waals surface area contributed by atoms with Gasteiger partial charge in [-0.25, -0.2) is 9.97 Å². The molecule has 0 aliphatic carbocycles. The summed E-state index contributed by atoms with van der Waals surface area (Å²) >= 11 is 0.890. The molecule has 2 fully saturated rings. The summed E-state index contributed by atoms with van der Waals surface area (Å²) < 4.78 is 12.2. The molecule has 3 heterocycles. The molecule has 1 N–H and O–H groups in total. The third kappa shape index (κ3) is 5.92. The fourth-order valence-electron chi connectivity index (χ4n) is 4.14. The second kappa shape index (κ2) is 10.9. The van der Waals surface area contributed by atoms with Crippen LogP contribution in [0.15, 0.2) is 65.8 Å². The molecule has 36 heavy (non-hydrogen) atoms. The van der Waals surface area contributed by atoms with Gasteiger partial charge in [0.1, 0.15) is 18.2 Å². The number of hydrogen-bond donors (Lipinski definition) is 1. The van der Waals surface area contributed by atoms with Crippen LogP contribution in [0.2, 0.25) is 0 Å². The molecule has 0 bridgehead atoms. The quantitative estimate of drug-likeness (QED) is 0.454. The number of imide groups is 1. The number of ether oxygens (including phenoxy) is 2. The van der Waals surface area contributed by atoms with Crippen molar-refractivity contribution in [3.05, 3.63) is 82.5 Å². The molecule has 2 saturated heterocycles. The van der Waals surface area contributed by atoms with Gasteiger partial charge in [-0.1, -0.05) is 42.5 Å². The molecule has 0 radical (unpaired) electrons. The highest BCUT2D eigenvalue weighted by atomic mass is 32.2. The predicted octanol–water partition coefficient (Wildman–Crippen LogP) is 4.94. The molecule has 0 unspecified atom stereocenters. The number of piperidine rings is 1. The number of nitrogens with one attached hydrogen (secondary N) is 1. The average Bonchev–Trinajstić information content (AvgIpc) is 3.20. The molecular formula is C27H26N4O4S. The first-order valence-electron chi connectivity index (χ1n) is 11.8. The van der Waals surface area contributed by atoms with Crippen LogP contribution in [0.3, 0.4) is 0 Å². The van der Waals surface area contributed by atoms with Gasteiger partial charge in [-0.15, -0.1) is 0 Å². The van der Waals surface area contributed by atoms with E-state index < -0.39 is 0 Å². The predicted molar refractivity (Wildman–Crippen MR) is 138 cm³/mol. The second-order valence-electron chi connectivity index (χ2n) is 8.71. The van der Waals surface area contributed by atoms with Crippen LogP contribution in [0.5, 0.6) is 17.5 Å². The van der Waals surface area contributed by atoms with Gasteiger partial charge >= 0.3 is 0 Å². The van der Waals surface area contributed by atoms with Crippen LogP contribution in [0, 0.1) is 6.92 Å². The van der Waals surface area contributed by atoms with Crippen LogP contribution in [0.4, 0.5) is 4.79 Å². The molecule has 0 saturated carbocycles. The molecule has 184 valence electrons. The van der Waals surface area contributed by atoms with E-state index >= 15 is 0 Å². The zero-order chi connectivity index (χ0) is 24.9. The van der Waals surface area contributed by atoms with Gasteiger partial charge in [0.15, 0.2) is 0 Å². The first-order valence-corrected chi connectivity index (χ1v) is 12.6. The maximum Gasteiger partial charge on any atom is 0.290 e. The Morgan fingerprint density at radius 2 is 1.75 bits per heavy atom. The van der Waals surface area contributed by atoms with Gasteiger partial charge in [0.2, 0.25) is 11.8 Å². The van der Waals surface area contributed by atoms with Crippen molar-refractivity contribution in [1.29, 1.82) is 0 Å². The van der Waals surface area contributed by atoms with E-state index in [4.69, 9.17) is 9.47 Å². The van der Waals surface area contributed by atoms with Crippen molar-refractivity contribution in [2.45, 2.75) is 32.4 Å². The van der Waals surface area contributed by atoms with Gasteiger partial charge < -0.3 is 9.47 Å². The third-order valence-electron chi connectivity index (χ3n) is 6.09. The first kappa shape index (κ1) is 24.0. The number of carbonyl (C=O) groups is 2. The monoisotopic (exact) mass is 502 g/mol. The van der Waals surface area contributed by atoms with Crippen molar-refractivity contribution in [2.24, 2.45) is 0 Å². The average molecular weight is 503 g/mol. The third-order valence-corrected chi connectivity index (χ3v) is 6.90. The standard InChI is InChI=1S/C27H26N4O4S/c1-18-25(34-21-9-7-19(8-10-21)15-23-24(32)30-27(33)36-23)28-17-29-26(18)35-22-11-13-31(14-12-22)16-20-5-3-2-4-6-20/h2-10,15,17,22H,11-14,16H2,1H3,(H,30,32,33)/b23-15+. The second-order valence-corrected chi connectivity index (χ2v) is 9.73. The minimum Gasteiger partial charge on any atom is -0.474 e. The number of likely N-dealkylation sites (tertiary alicyclic amines) is 1. The molecule has 2 amide bonds. The molecule has 3 aromatic rings. The highest BCUT2D eigenvalue weighted by Crippen LogP contribution is 2.30. The molecule has 9 heteroatoms. The Morgan fingerprint density at radius 3 is 2.44 bits per heavy atom. The van der Waals surface area contributed by atoms with Gasteiger partial charge in [0.25, 0.3) is 11.1 Å². The lowest BCUT2D eigenvalue weighted by molar-refractivity contribution is -0.115. The summed E-state index contributed by atoms with van der Waals surface area (Å²) in [5.41, 5.74) is 2.86. The Bertz CT molecular complexity index is 1270. The van der Waals surface area contributed by atoms with Crippen molar-refractivity contribution in [3.8, 4) is 17.5 Å². The lowest BCUT2D eigenvalue weighted by Crippen LogP contribution is -2.38. The van der Waals surface area contributed by atoms with Crippen LogP contribution < -0.4 is 14.8 Å². The normalized spacial score (nSPS) is 17.9. The number of carbonyl (C=O) groups excluding carboxylic acids is 2. The largest absolute Gasteiger partial charge is 0.474 e. The first-order chi connectivity index (χ1) is 17.5. The smallest absolute Gasteiger partial charge is 0.290 e. The molecule has 8 nitrogen and oxygen atoms in total. The lowest BCUT2D eigenvalue weighted by atomic mass is 10.1. The molecule has 2 aliphatic rings. The van der Waals surface area contributed by atoms with E-state index in [9.17, 15) is 9.59 Å². The van der Waals surface area contributed by atoms with Crippen molar-refractivity contribution in [1.82, 2.24) is 20.2 Å². The van der Waals surface area contributed by atoms with Gasteiger partial charge in [-0.2, -0.15) is 0 Å². The number of hydrogen-bond acceptors (Lipinski definition) is 8. The molecule has 2 aliphatic heterocycles. The highest BCUT2D eigenvalue weighted by Gasteiger charge is 2.25. The summed E-state index contributed by atoms with van der Waals surface area (Å²) in [6.45, 7) is 4.80. The van der Waals surface area contributed by atoms with E-state index in [1.807, 2.05) is 25.1 Å². The van der Waals surface area contributed by atoms with Crippen molar-refractivity contribution >= 4 is 29.0 Å². The summed E-state index contributed by atoms with van der Waals surface area (Å²) in [5.74, 6) is 1.19. The molecule has 0 spiro atoms. The van der Waals surface area contributed by atoms with Crippen LogP contribution in [0.1, 0.15) is 29.5 Å². The zero-order valence-electron chi connectivity index (χ0n) is 19.8. The maximum atomic E-state index is 11.7. The van der Waals surface area contributed by atoms with E-state index in [1.165, 1.54) is 11.9 Å². The fourth-order valence-corrected chi connectivity index (χ4v) is 4.82. The van der Waals surface area contributed by atoms with E-state index in [-0.39, 0.29) is 17.3 Å². The number of amides is 2. The van der Waals surface area contributed by atoms with Gasteiger partial charge in [-0.05, 0) is 60.9 Å². The summed E-state index contributed by atoms with van der Waals surface area (Å²) in [5, 5.41) is 1.89. The minimum absolute atomic E-state index is 0.100. The lowest BCUT2D eigenvalue weighted by Gasteiger charge is -2.32. The van der Waals surface area contributed by atoms with Crippen molar-refractivity contribution < 1.29 is 19.1 Å². The fraction of sp³-hybridized carbons (Fsp3) is 0.259. The summed E-state index contributed by atoms with van der Waals surface area (Å²) in [4.78, 5) is 34.5. The van der Waals surface area contributed by atoms with Gasteiger partial charge in [0, 0.05) is 19.6 Å². The number of thioether (sulfide) groups is 1. The maximum absolute atomic E-state index is 11.7. The Kier molecular flexibility index (Phi) is 7.29. The number of benzene rings is 2. The number of aromatic nitrogens is 2. The van der Waals surface area contributed by atoms with Crippen molar-refractivity contribution in [2.75, 3.05) is 13.1 Å². The van der Waals surface area contributed by atoms with E-state index in [1.54, 1.807) is 18.2 Å². The summed E-state index contributed by atoms with van der Waals surface area (Å²) in [6.07, 6.45) is 5.09. The topological polar surface area (TPSA) is 93.6 Å². The van der Waals surface area contributed by atoms with Crippen LogP contribution >= 0.6 is 11.8 Å². The number of rotatable bonds is 7. The Balaban J connectivity index is 1.18. The van der Waals surface area contributed by atoms with E-state index in [0.29, 0.717) is 22.4 Å².